The summed E-state index contributed by atoms with van der Waals surface area (Å²) in [6.07, 6.45) is 0. The number of carbonyl (C=O) groups excluding carboxylic acids is 1. The van der Waals surface area contributed by atoms with Crippen molar-refractivity contribution in [2.75, 3.05) is 6.61 Å². The Labute approximate surface area is 123 Å². The van der Waals surface area contributed by atoms with Gasteiger partial charge in [0.2, 0.25) is 0 Å². The molecule has 0 bridgehead atoms. The average Bonchev–Trinajstić information content (AvgIpc) is 2.52. The minimum absolute atomic E-state index is 0.0554. The lowest BCUT2D eigenvalue weighted by Crippen LogP contribution is -2.24. The number of nitrogens with one attached hydrogen (secondary N) is 1. The van der Waals surface area contributed by atoms with Crippen LogP contribution in [0.25, 0.3) is 0 Å². The number of benzene rings is 2. The van der Waals surface area contributed by atoms with Gasteiger partial charge in [-0.05, 0) is 30.2 Å². The number of hydrogen-bond acceptors (Lipinski definition) is 2. The Morgan fingerprint density at radius 3 is 2.48 bits per heavy atom. The van der Waals surface area contributed by atoms with Crippen LogP contribution in [0.1, 0.15) is 28.4 Å². The lowest BCUT2D eigenvalue weighted by molar-refractivity contribution is 0.0945. The van der Waals surface area contributed by atoms with Crippen molar-refractivity contribution in [2.45, 2.75) is 20.1 Å². The Morgan fingerprint density at radius 2 is 1.76 bits per heavy atom. The summed E-state index contributed by atoms with van der Waals surface area (Å²) in [4.78, 5) is 12.0. The Morgan fingerprint density at radius 1 is 1.10 bits per heavy atom. The van der Waals surface area contributed by atoms with E-state index in [0.29, 0.717) is 19.8 Å². The van der Waals surface area contributed by atoms with Crippen LogP contribution in [0.2, 0.25) is 0 Å². The summed E-state index contributed by atoms with van der Waals surface area (Å²) < 4.78 is 18.9. The van der Waals surface area contributed by atoms with Crippen molar-refractivity contribution in [3.63, 3.8) is 0 Å². The number of amides is 1. The molecule has 3 nitrogen and oxygen atoms in total. The normalized spacial score (nSPS) is 10.4. The first-order valence-corrected chi connectivity index (χ1v) is 6.89. The number of rotatable bonds is 6. The zero-order chi connectivity index (χ0) is 15.1. The maximum absolute atomic E-state index is 13.5. The molecule has 0 saturated carbocycles. The summed E-state index contributed by atoms with van der Waals surface area (Å²) in [5.41, 5.74) is 2.05. The molecule has 0 atom stereocenters. The van der Waals surface area contributed by atoms with Crippen molar-refractivity contribution in [1.29, 1.82) is 0 Å². The number of carbonyl (C=O) groups is 1. The monoisotopic (exact) mass is 287 g/mol. The van der Waals surface area contributed by atoms with E-state index in [1.165, 1.54) is 12.1 Å². The van der Waals surface area contributed by atoms with Crippen molar-refractivity contribution in [3.05, 3.63) is 71.0 Å². The van der Waals surface area contributed by atoms with Crippen molar-refractivity contribution in [1.82, 2.24) is 5.32 Å². The van der Waals surface area contributed by atoms with Crippen LogP contribution >= 0.6 is 0 Å². The second-order valence-electron chi connectivity index (χ2n) is 4.57. The van der Waals surface area contributed by atoms with E-state index in [4.69, 9.17) is 4.74 Å². The molecular weight excluding hydrogens is 269 g/mol. The largest absolute Gasteiger partial charge is 0.377 e. The molecule has 4 heteroatoms. The van der Waals surface area contributed by atoms with Gasteiger partial charge < -0.3 is 10.1 Å². The predicted octanol–water partition coefficient (Wildman–Crippen LogP) is 3.29. The molecule has 0 aliphatic rings. The second kappa shape index (κ2) is 7.55. The molecule has 0 saturated heterocycles. The van der Waals surface area contributed by atoms with Gasteiger partial charge in [-0.15, -0.1) is 0 Å². The molecule has 0 aliphatic heterocycles. The van der Waals surface area contributed by atoms with Gasteiger partial charge in [0, 0.05) is 13.2 Å². The fourth-order valence-electron chi connectivity index (χ4n) is 2.00. The van der Waals surface area contributed by atoms with E-state index in [1.54, 1.807) is 12.1 Å². The van der Waals surface area contributed by atoms with Crippen LogP contribution in [0.3, 0.4) is 0 Å². The fraction of sp³-hybridized carbons (Fsp3) is 0.235. The van der Waals surface area contributed by atoms with Crippen molar-refractivity contribution < 1.29 is 13.9 Å². The van der Waals surface area contributed by atoms with Gasteiger partial charge in [0.25, 0.3) is 5.91 Å². The second-order valence-corrected chi connectivity index (χ2v) is 4.57. The van der Waals surface area contributed by atoms with Crippen LogP contribution in [-0.2, 0) is 17.9 Å². The first-order valence-electron chi connectivity index (χ1n) is 6.89. The predicted molar refractivity (Wildman–Crippen MR) is 79.3 cm³/mol. The van der Waals surface area contributed by atoms with Crippen LogP contribution in [0.4, 0.5) is 4.39 Å². The third kappa shape index (κ3) is 4.13. The molecule has 0 fully saturated rings. The molecule has 2 aromatic carbocycles. The van der Waals surface area contributed by atoms with Crippen LogP contribution in [0.5, 0.6) is 0 Å². The van der Waals surface area contributed by atoms with E-state index in [1.807, 2.05) is 31.2 Å². The van der Waals surface area contributed by atoms with Gasteiger partial charge in [-0.25, -0.2) is 4.39 Å². The molecule has 0 spiro atoms. The Bertz CT molecular complexity index is 613. The SMILES string of the molecule is CCOCc1ccccc1CNC(=O)c1ccccc1F. The van der Waals surface area contributed by atoms with Gasteiger partial charge in [0.15, 0.2) is 0 Å². The first kappa shape index (κ1) is 15.2. The maximum Gasteiger partial charge on any atom is 0.254 e. The minimum Gasteiger partial charge on any atom is -0.377 e. The standard InChI is InChI=1S/C17H18FNO2/c1-2-21-12-14-8-4-3-7-13(14)11-19-17(20)15-9-5-6-10-16(15)18/h3-10H,2,11-12H2,1H3,(H,19,20). The van der Waals surface area contributed by atoms with Gasteiger partial charge in [0.1, 0.15) is 5.82 Å². The smallest absolute Gasteiger partial charge is 0.254 e. The molecule has 0 aromatic heterocycles. The van der Waals surface area contributed by atoms with Crippen LogP contribution in [0, 0.1) is 5.82 Å². The number of hydrogen-bond donors (Lipinski definition) is 1. The molecule has 110 valence electrons. The van der Waals surface area contributed by atoms with E-state index in [-0.39, 0.29) is 5.56 Å². The highest BCUT2D eigenvalue weighted by Crippen LogP contribution is 2.11. The summed E-state index contributed by atoms with van der Waals surface area (Å²) in [6.45, 7) is 3.41. The third-order valence-electron chi connectivity index (χ3n) is 3.14. The Kier molecular flexibility index (Phi) is 5.46. The summed E-state index contributed by atoms with van der Waals surface area (Å²) in [5, 5.41) is 2.74. The topological polar surface area (TPSA) is 38.3 Å². The van der Waals surface area contributed by atoms with Gasteiger partial charge in [0.05, 0.1) is 12.2 Å². The van der Waals surface area contributed by atoms with Gasteiger partial charge in [-0.2, -0.15) is 0 Å². The fourth-order valence-corrected chi connectivity index (χ4v) is 2.00. The van der Waals surface area contributed by atoms with Crippen LogP contribution in [-0.4, -0.2) is 12.5 Å². The maximum atomic E-state index is 13.5. The van der Waals surface area contributed by atoms with Gasteiger partial charge in [-0.1, -0.05) is 36.4 Å². The molecule has 0 radical (unpaired) electrons. The molecule has 2 rings (SSSR count). The molecular formula is C17H18FNO2. The van der Waals surface area contributed by atoms with E-state index in [0.717, 1.165) is 11.1 Å². The zero-order valence-electron chi connectivity index (χ0n) is 11.9. The molecule has 21 heavy (non-hydrogen) atoms. The van der Waals surface area contributed by atoms with E-state index >= 15 is 0 Å². The van der Waals surface area contributed by atoms with Crippen LogP contribution < -0.4 is 5.32 Å². The molecule has 1 amide bonds. The van der Waals surface area contributed by atoms with E-state index < -0.39 is 11.7 Å². The van der Waals surface area contributed by atoms with Crippen LogP contribution in [0.15, 0.2) is 48.5 Å². The molecule has 0 heterocycles. The molecule has 0 aliphatic carbocycles. The van der Waals surface area contributed by atoms with Crippen molar-refractivity contribution in [2.24, 2.45) is 0 Å². The van der Waals surface area contributed by atoms with E-state index in [9.17, 15) is 9.18 Å². The highest BCUT2D eigenvalue weighted by Gasteiger charge is 2.11. The number of ether oxygens (including phenoxy) is 1. The molecule has 2 aromatic rings. The first-order chi connectivity index (χ1) is 10.2. The molecule has 1 N–H and O–H groups in total. The Balaban J connectivity index is 2.03. The van der Waals surface area contributed by atoms with Crippen molar-refractivity contribution >= 4 is 5.91 Å². The summed E-state index contributed by atoms with van der Waals surface area (Å²) in [7, 11) is 0. The van der Waals surface area contributed by atoms with Gasteiger partial charge >= 0.3 is 0 Å². The summed E-state index contributed by atoms with van der Waals surface area (Å²) in [6, 6.07) is 13.7. The molecule has 0 unspecified atom stereocenters. The minimum atomic E-state index is -0.516. The summed E-state index contributed by atoms with van der Waals surface area (Å²) in [5.74, 6) is -0.933. The summed E-state index contributed by atoms with van der Waals surface area (Å²) >= 11 is 0. The van der Waals surface area contributed by atoms with Crippen molar-refractivity contribution in [3.8, 4) is 0 Å². The zero-order valence-corrected chi connectivity index (χ0v) is 11.9. The van der Waals surface area contributed by atoms with Gasteiger partial charge in [-0.3, -0.25) is 4.79 Å². The lowest BCUT2D eigenvalue weighted by Gasteiger charge is -2.11. The quantitative estimate of drug-likeness (QED) is 0.885. The average molecular weight is 287 g/mol. The number of halogens is 1. The highest BCUT2D eigenvalue weighted by atomic mass is 19.1. The van der Waals surface area contributed by atoms with E-state index in [2.05, 4.69) is 5.32 Å². The highest BCUT2D eigenvalue weighted by molar-refractivity contribution is 5.94. The lowest BCUT2D eigenvalue weighted by atomic mass is 10.1. The third-order valence-corrected chi connectivity index (χ3v) is 3.14. The Hall–Kier alpha value is -2.20.